The predicted molar refractivity (Wildman–Crippen MR) is 115 cm³/mol. The van der Waals surface area contributed by atoms with E-state index in [0.717, 1.165) is 17.6 Å². The number of esters is 1. The number of anilines is 1. The number of nitrogens with one attached hydrogen (secondary N) is 2. The summed E-state index contributed by atoms with van der Waals surface area (Å²) in [5.41, 5.74) is 2.35. The van der Waals surface area contributed by atoms with Gasteiger partial charge in [0.1, 0.15) is 18.2 Å². The molecule has 0 radical (unpaired) electrons. The number of carbonyl (C=O) groups excluding carboxylic acids is 1. The van der Waals surface area contributed by atoms with Crippen molar-refractivity contribution < 1.29 is 22.7 Å². The molecule has 1 aromatic heterocycles. The van der Waals surface area contributed by atoms with Crippen molar-refractivity contribution in [2.75, 3.05) is 23.4 Å². The minimum absolute atomic E-state index is 0.121. The fourth-order valence-corrected chi connectivity index (χ4v) is 4.03. The van der Waals surface area contributed by atoms with E-state index in [0.29, 0.717) is 30.1 Å². The number of carbonyl (C=O) groups is 1. The lowest BCUT2D eigenvalue weighted by molar-refractivity contribution is -0.145. The van der Waals surface area contributed by atoms with E-state index in [1.54, 1.807) is 18.2 Å². The third-order valence-electron chi connectivity index (χ3n) is 4.51. The summed E-state index contributed by atoms with van der Waals surface area (Å²) < 4.78 is 42.3. The molecule has 2 aromatic rings. The van der Waals surface area contributed by atoms with Gasteiger partial charge in [-0.1, -0.05) is 30.3 Å². The van der Waals surface area contributed by atoms with Crippen LogP contribution in [0, 0.1) is 17.5 Å². The number of hydrogen-bond acceptors (Lipinski definition) is 7. The molecular weight excluding hydrogens is 409 g/mol. The van der Waals surface area contributed by atoms with E-state index in [4.69, 9.17) is 9.52 Å². The van der Waals surface area contributed by atoms with Crippen molar-refractivity contribution in [3.8, 4) is 0 Å². The Hall–Kier alpha value is -2.68. The summed E-state index contributed by atoms with van der Waals surface area (Å²) in [6.45, 7) is 5.75. The van der Waals surface area contributed by atoms with Crippen LogP contribution in [0.15, 0.2) is 41.1 Å². The van der Waals surface area contributed by atoms with Crippen LogP contribution in [0.5, 0.6) is 0 Å². The van der Waals surface area contributed by atoms with Crippen molar-refractivity contribution in [1.29, 1.82) is 4.78 Å². The van der Waals surface area contributed by atoms with E-state index in [2.05, 4.69) is 15.0 Å². The Morgan fingerprint density at radius 1 is 1.43 bits per heavy atom. The number of halogens is 1. The minimum Gasteiger partial charge on any atom is -0.461 e. The number of aromatic nitrogens is 1. The molecule has 2 unspecified atom stereocenters. The summed E-state index contributed by atoms with van der Waals surface area (Å²) in [5.74, 6) is 0.737. The second kappa shape index (κ2) is 10.9. The minimum atomic E-state index is -2.44. The summed E-state index contributed by atoms with van der Waals surface area (Å²) in [7, 11) is -2.44. The third kappa shape index (κ3) is 7.62. The van der Waals surface area contributed by atoms with Gasteiger partial charge in [-0.25, -0.2) is 8.60 Å². The summed E-state index contributed by atoms with van der Waals surface area (Å²) in [5, 5.41) is 6.67. The first-order valence-electron chi connectivity index (χ1n) is 9.71. The maximum absolute atomic E-state index is 13.7. The smallest absolute Gasteiger partial charge is 0.302 e. The van der Waals surface area contributed by atoms with Gasteiger partial charge < -0.3 is 14.6 Å². The number of benzene rings is 1. The first-order valence-corrected chi connectivity index (χ1v) is 11.6. The number of nitrogens with zero attached hydrogens (tertiary/aromatic N) is 1. The highest BCUT2D eigenvalue weighted by molar-refractivity contribution is 7.92. The highest BCUT2D eigenvalue weighted by atomic mass is 32.2. The lowest BCUT2D eigenvalue weighted by Crippen LogP contribution is -2.24. The maximum atomic E-state index is 13.7. The number of rotatable bonds is 6. The molecule has 30 heavy (non-hydrogen) atoms. The normalized spacial score (nSPS) is 19.1. The molecule has 0 fully saturated rings. The fourth-order valence-electron chi connectivity index (χ4n) is 2.85. The predicted octanol–water partition coefficient (Wildman–Crippen LogP) is 4.40. The van der Waals surface area contributed by atoms with Crippen LogP contribution in [-0.4, -0.2) is 39.5 Å². The molecule has 2 heterocycles. The highest BCUT2D eigenvalue weighted by Crippen LogP contribution is 2.26. The standard InChI is InChI=1S/C12H14FNOS.C9H14N2O3/c1-9-2-3-11(12(13)8-9)10-4-6-16(14,15)7-5-10;1-3-8(14-7(2)12)6-10-9-4-5-13-11-9/h2-4,8,14H,5-7H2,1H3;4-5,8H,3,6H2,1-2H3,(H,10,11). The van der Waals surface area contributed by atoms with Crippen LogP contribution in [0.4, 0.5) is 10.2 Å². The summed E-state index contributed by atoms with van der Waals surface area (Å²) in [4.78, 5) is 10.7. The van der Waals surface area contributed by atoms with Gasteiger partial charge in [-0.2, -0.15) is 0 Å². The van der Waals surface area contributed by atoms with Crippen LogP contribution in [0.1, 0.15) is 37.8 Å². The molecule has 7 nitrogen and oxygen atoms in total. The van der Waals surface area contributed by atoms with Crippen LogP contribution in [-0.2, 0) is 19.3 Å². The van der Waals surface area contributed by atoms with E-state index < -0.39 is 9.73 Å². The Bertz CT molecular complexity index is 972. The third-order valence-corrected chi connectivity index (χ3v) is 6.08. The molecule has 0 saturated carbocycles. The largest absolute Gasteiger partial charge is 0.461 e. The van der Waals surface area contributed by atoms with Crippen molar-refractivity contribution in [2.45, 2.75) is 39.7 Å². The van der Waals surface area contributed by atoms with Gasteiger partial charge in [0.05, 0.1) is 12.3 Å². The average molecular weight is 438 g/mol. The van der Waals surface area contributed by atoms with Gasteiger partial charge in [0.2, 0.25) is 0 Å². The lowest BCUT2D eigenvalue weighted by atomic mass is 10.0. The first kappa shape index (κ1) is 23.6. The molecule has 2 N–H and O–H groups in total. The Morgan fingerprint density at radius 2 is 2.20 bits per heavy atom. The highest BCUT2D eigenvalue weighted by Gasteiger charge is 2.16. The van der Waals surface area contributed by atoms with Crippen LogP contribution in [0.25, 0.3) is 5.57 Å². The van der Waals surface area contributed by atoms with Crippen LogP contribution < -0.4 is 5.32 Å². The van der Waals surface area contributed by atoms with E-state index in [-0.39, 0.29) is 23.6 Å². The molecule has 164 valence electrons. The maximum Gasteiger partial charge on any atom is 0.302 e. The van der Waals surface area contributed by atoms with Crippen molar-refractivity contribution in [2.24, 2.45) is 0 Å². The summed E-state index contributed by atoms with van der Waals surface area (Å²) in [6, 6.07) is 6.84. The summed E-state index contributed by atoms with van der Waals surface area (Å²) >= 11 is 0. The average Bonchev–Trinajstić information content (AvgIpc) is 3.19. The van der Waals surface area contributed by atoms with E-state index in [1.165, 1.54) is 19.3 Å². The Balaban J connectivity index is 0.000000216. The van der Waals surface area contributed by atoms with Crippen molar-refractivity contribution in [1.82, 2.24) is 5.16 Å². The molecule has 2 atom stereocenters. The second-order valence-electron chi connectivity index (χ2n) is 7.05. The molecule has 1 aliphatic rings. The quantitative estimate of drug-likeness (QED) is 0.649. The van der Waals surface area contributed by atoms with E-state index in [9.17, 15) is 13.4 Å². The molecule has 0 aliphatic carbocycles. The van der Waals surface area contributed by atoms with Gasteiger partial charge >= 0.3 is 5.97 Å². The van der Waals surface area contributed by atoms with Gasteiger partial charge in [-0.3, -0.25) is 9.57 Å². The summed E-state index contributed by atoms with van der Waals surface area (Å²) in [6.07, 6.45) is 4.40. The van der Waals surface area contributed by atoms with Gasteiger partial charge in [-0.15, -0.1) is 0 Å². The zero-order chi connectivity index (χ0) is 22.1. The number of allylic oxidation sites excluding steroid dienone is 1. The van der Waals surface area contributed by atoms with Crippen LogP contribution in [0.3, 0.4) is 0 Å². The molecule has 0 spiro atoms. The van der Waals surface area contributed by atoms with E-state index >= 15 is 0 Å². The van der Waals surface area contributed by atoms with Crippen LogP contribution in [0.2, 0.25) is 0 Å². The first-order chi connectivity index (χ1) is 14.2. The monoisotopic (exact) mass is 437 g/mol. The lowest BCUT2D eigenvalue weighted by Gasteiger charge is -2.16. The molecule has 3 rings (SSSR count). The van der Waals surface area contributed by atoms with Crippen LogP contribution >= 0.6 is 0 Å². The number of hydrogen-bond donors (Lipinski definition) is 2. The molecule has 0 amide bonds. The molecule has 1 aliphatic heterocycles. The Labute approximate surface area is 176 Å². The van der Waals surface area contributed by atoms with Crippen molar-refractivity contribution in [3.63, 3.8) is 0 Å². The SMILES string of the molecule is CCC(CNc1ccon1)OC(C)=O.Cc1ccc(C2=CCS(=N)(=O)CC2)c(F)c1. The Morgan fingerprint density at radius 3 is 2.73 bits per heavy atom. The number of ether oxygens (including phenoxy) is 1. The topological polar surface area (TPSA) is 105 Å². The van der Waals surface area contributed by atoms with Crippen molar-refractivity contribution in [3.05, 3.63) is 53.5 Å². The number of aryl methyl sites for hydroxylation is 1. The van der Waals surface area contributed by atoms with Crippen molar-refractivity contribution >= 4 is 27.1 Å². The molecule has 1 aromatic carbocycles. The van der Waals surface area contributed by atoms with Gasteiger partial charge in [0.25, 0.3) is 0 Å². The van der Waals surface area contributed by atoms with E-state index in [1.807, 2.05) is 19.9 Å². The zero-order valence-corrected chi connectivity index (χ0v) is 18.3. The van der Waals surface area contributed by atoms with Gasteiger partial charge in [0.15, 0.2) is 5.82 Å². The Kier molecular flexibility index (Phi) is 8.58. The van der Waals surface area contributed by atoms with Gasteiger partial charge in [0, 0.05) is 34.0 Å². The molecule has 0 saturated heterocycles. The molecular formula is C21H28FN3O4S. The fraction of sp³-hybridized carbons (Fsp3) is 0.429. The zero-order valence-electron chi connectivity index (χ0n) is 17.4. The molecule has 9 heteroatoms. The second-order valence-corrected chi connectivity index (χ2v) is 9.42. The van der Waals surface area contributed by atoms with Gasteiger partial charge in [-0.05, 0) is 37.0 Å². The molecule has 0 bridgehead atoms.